The van der Waals surface area contributed by atoms with E-state index in [9.17, 15) is 17.6 Å². The summed E-state index contributed by atoms with van der Waals surface area (Å²) in [5.41, 5.74) is 1.67. The standard InChI is InChI=1S/C19H15BrFN3O3S/c1-12-4-2-3-5-13(12)11-28(26,27)19-22-10-16(20)17(24-19)18(25)23-15-8-6-14(21)7-9-15/h2-10H,11H2,1H3,(H,23,25). The van der Waals surface area contributed by atoms with Gasteiger partial charge in [0.25, 0.3) is 5.91 Å². The topological polar surface area (TPSA) is 89.0 Å². The Bertz CT molecular complexity index is 1140. The van der Waals surface area contributed by atoms with Gasteiger partial charge in [-0.25, -0.2) is 22.8 Å². The van der Waals surface area contributed by atoms with Crippen LogP contribution in [-0.2, 0) is 15.6 Å². The first kappa shape index (κ1) is 20.1. The first-order valence-electron chi connectivity index (χ1n) is 8.13. The van der Waals surface area contributed by atoms with Gasteiger partial charge in [-0.05, 0) is 58.2 Å². The highest BCUT2D eigenvalue weighted by Crippen LogP contribution is 2.20. The van der Waals surface area contributed by atoms with E-state index in [1.165, 1.54) is 30.5 Å². The largest absolute Gasteiger partial charge is 0.321 e. The zero-order valence-electron chi connectivity index (χ0n) is 14.7. The van der Waals surface area contributed by atoms with E-state index in [0.29, 0.717) is 11.3 Å². The summed E-state index contributed by atoms with van der Waals surface area (Å²) in [5.74, 6) is -1.36. The predicted octanol–water partition coefficient (Wildman–Crippen LogP) is 3.91. The number of halogens is 2. The number of nitrogens with zero attached hydrogens (tertiary/aromatic N) is 2. The third kappa shape index (κ3) is 4.60. The first-order chi connectivity index (χ1) is 13.3. The number of anilines is 1. The number of nitrogens with one attached hydrogen (secondary N) is 1. The Morgan fingerprint density at radius 1 is 1.14 bits per heavy atom. The van der Waals surface area contributed by atoms with Crippen LogP contribution in [0.25, 0.3) is 0 Å². The summed E-state index contributed by atoms with van der Waals surface area (Å²) in [4.78, 5) is 20.3. The lowest BCUT2D eigenvalue weighted by Crippen LogP contribution is -2.18. The van der Waals surface area contributed by atoms with Gasteiger partial charge in [-0.2, -0.15) is 0 Å². The second-order valence-corrected chi connectivity index (χ2v) is 8.73. The maximum Gasteiger partial charge on any atom is 0.275 e. The molecule has 1 aromatic heterocycles. The van der Waals surface area contributed by atoms with E-state index in [-0.39, 0.29) is 15.9 Å². The van der Waals surface area contributed by atoms with Crippen LogP contribution < -0.4 is 5.32 Å². The third-order valence-corrected chi connectivity index (χ3v) is 5.95. The van der Waals surface area contributed by atoms with E-state index >= 15 is 0 Å². The molecule has 0 saturated heterocycles. The molecule has 0 atom stereocenters. The number of aromatic nitrogens is 2. The fourth-order valence-corrected chi connectivity index (χ4v) is 4.10. The van der Waals surface area contributed by atoms with Crippen LogP contribution in [0.1, 0.15) is 21.6 Å². The molecule has 3 aromatic rings. The van der Waals surface area contributed by atoms with Crippen molar-refractivity contribution in [2.75, 3.05) is 5.32 Å². The van der Waals surface area contributed by atoms with E-state index in [4.69, 9.17) is 0 Å². The van der Waals surface area contributed by atoms with Crippen molar-refractivity contribution in [2.45, 2.75) is 17.8 Å². The molecule has 0 saturated carbocycles. The number of hydrogen-bond donors (Lipinski definition) is 1. The summed E-state index contributed by atoms with van der Waals surface area (Å²) >= 11 is 3.16. The Morgan fingerprint density at radius 2 is 1.82 bits per heavy atom. The van der Waals surface area contributed by atoms with Crippen molar-refractivity contribution in [2.24, 2.45) is 0 Å². The number of rotatable bonds is 5. The molecule has 0 aliphatic heterocycles. The molecular formula is C19H15BrFN3O3S. The van der Waals surface area contributed by atoms with Crippen molar-refractivity contribution in [1.29, 1.82) is 0 Å². The lowest BCUT2D eigenvalue weighted by molar-refractivity contribution is 0.102. The molecule has 1 N–H and O–H groups in total. The molecule has 6 nitrogen and oxygen atoms in total. The van der Waals surface area contributed by atoms with Crippen LogP contribution in [-0.4, -0.2) is 24.3 Å². The minimum Gasteiger partial charge on any atom is -0.321 e. The van der Waals surface area contributed by atoms with Gasteiger partial charge in [0.15, 0.2) is 0 Å². The quantitative estimate of drug-likeness (QED) is 0.579. The van der Waals surface area contributed by atoms with Crippen LogP contribution >= 0.6 is 15.9 Å². The van der Waals surface area contributed by atoms with Crippen molar-refractivity contribution < 1.29 is 17.6 Å². The Balaban J connectivity index is 1.89. The third-order valence-electron chi connectivity index (χ3n) is 3.92. The lowest BCUT2D eigenvalue weighted by Gasteiger charge is -2.09. The Morgan fingerprint density at radius 3 is 2.50 bits per heavy atom. The van der Waals surface area contributed by atoms with E-state index < -0.39 is 26.7 Å². The highest BCUT2D eigenvalue weighted by atomic mass is 79.9. The lowest BCUT2D eigenvalue weighted by atomic mass is 10.1. The van der Waals surface area contributed by atoms with Crippen LogP contribution in [0.5, 0.6) is 0 Å². The van der Waals surface area contributed by atoms with Crippen molar-refractivity contribution in [3.8, 4) is 0 Å². The second-order valence-electron chi connectivity index (χ2n) is 6.00. The maximum absolute atomic E-state index is 13.0. The minimum atomic E-state index is -3.86. The Labute approximate surface area is 169 Å². The molecule has 2 aromatic carbocycles. The molecule has 1 heterocycles. The molecular weight excluding hydrogens is 449 g/mol. The minimum absolute atomic E-state index is 0.136. The van der Waals surface area contributed by atoms with Gasteiger partial charge in [-0.3, -0.25) is 4.79 Å². The van der Waals surface area contributed by atoms with Crippen LogP contribution in [0.15, 0.2) is 64.4 Å². The van der Waals surface area contributed by atoms with Gasteiger partial charge in [-0.1, -0.05) is 24.3 Å². The van der Waals surface area contributed by atoms with Gasteiger partial charge in [0.2, 0.25) is 15.0 Å². The smallest absolute Gasteiger partial charge is 0.275 e. The first-order valence-corrected chi connectivity index (χ1v) is 10.6. The highest BCUT2D eigenvalue weighted by molar-refractivity contribution is 9.10. The molecule has 144 valence electrons. The van der Waals surface area contributed by atoms with Gasteiger partial charge in [-0.15, -0.1) is 0 Å². The average molecular weight is 464 g/mol. The normalized spacial score (nSPS) is 11.2. The van der Waals surface area contributed by atoms with Crippen molar-refractivity contribution >= 4 is 37.4 Å². The number of amides is 1. The fraction of sp³-hybridized carbons (Fsp3) is 0.105. The molecule has 0 aliphatic carbocycles. The van der Waals surface area contributed by atoms with Crippen LogP contribution in [0, 0.1) is 12.7 Å². The molecule has 0 bridgehead atoms. The summed E-state index contributed by atoms with van der Waals surface area (Å²) < 4.78 is 38.7. The zero-order valence-corrected chi connectivity index (χ0v) is 17.1. The number of benzene rings is 2. The summed E-state index contributed by atoms with van der Waals surface area (Å²) in [6, 6.07) is 12.3. The summed E-state index contributed by atoms with van der Waals surface area (Å²) in [6.45, 7) is 1.81. The average Bonchev–Trinajstić information content (AvgIpc) is 2.65. The Kier molecular flexibility index (Phi) is 5.85. The van der Waals surface area contributed by atoms with E-state index in [1.54, 1.807) is 12.1 Å². The molecule has 9 heteroatoms. The maximum atomic E-state index is 13.0. The number of carbonyl (C=O) groups excluding carboxylic acids is 1. The van der Waals surface area contributed by atoms with Gasteiger partial charge in [0.1, 0.15) is 11.5 Å². The van der Waals surface area contributed by atoms with Crippen molar-refractivity contribution in [3.05, 3.63) is 81.8 Å². The Hall–Kier alpha value is -2.65. The molecule has 0 radical (unpaired) electrons. The second kappa shape index (κ2) is 8.15. The number of carbonyl (C=O) groups is 1. The molecule has 3 rings (SSSR count). The van der Waals surface area contributed by atoms with E-state index in [1.807, 2.05) is 19.1 Å². The van der Waals surface area contributed by atoms with Crippen molar-refractivity contribution in [1.82, 2.24) is 9.97 Å². The zero-order chi connectivity index (χ0) is 20.3. The summed E-state index contributed by atoms with van der Waals surface area (Å²) in [5, 5.41) is 2.10. The van der Waals surface area contributed by atoms with Crippen LogP contribution in [0.3, 0.4) is 0 Å². The van der Waals surface area contributed by atoms with Gasteiger partial charge in [0, 0.05) is 11.9 Å². The van der Waals surface area contributed by atoms with Gasteiger partial charge in [0.05, 0.1) is 10.2 Å². The highest BCUT2D eigenvalue weighted by Gasteiger charge is 2.23. The molecule has 0 spiro atoms. The predicted molar refractivity (Wildman–Crippen MR) is 106 cm³/mol. The molecule has 0 aliphatic rings. The number of aryl methyl sites for hydroxylation is 1. The van der Waals surface area contributed by atoms with Gasteiger partial charge < -0.3 is 5.32 Å². The van der Waals surface area contributed by atoms with Crippen LogP contribution in [0.4, 0.5) is 10.1 Å². The fourth-order valence-electron chi connectivity index (χ4n) is 2.42. The molecule has 0 unspecified atom stereocenters. The van der Waals surface area contributed by atoms with Crippen molar-refractivity contribution in [3.63, 3.8) is 0 Å². The molecule has 0 fully saturated rings. The summed E-state index contributed by atoms with van der Waals surface area (Å²) in [6.07, 6.45) is 1.22. The molecule has 28 heavy (non-hydrogen) atoms. The molecule has 1 amide bonds. The van der Waals surface area contributed by atoms with Crippen LogP contribution in [0.2, 0.25) is 0 Å². The van der Waals surface area contributed by atoms with E-state index in [2.05, 4.69) is 31.2 Å². The number of hydrogen-bond acceptors (Lipinski definition) is 5. The number of sulfone groups is 1. The van der Waals surface area contributed by atoms with E-state index in [0.717, 1.165) is 5.56 Å². The SMILES string of the molecule is Cc1ccccc1CS(=O)(=O)c1ncc(Br)c(C(=O)Nc2ccc(F)cc2)n1. The van der Waals surface area contributed by atoms with Gasteiger partial charge >= 0.3 is 0 Å². The monoisotopic (exact) mass is 463 g/mol. The summed E-state index contributed by atoms with van der Waals surface area (Å²) in [7, 11) is -3.86.